The van der Waals surface area contributed by atoms with Crippen molar-refractivity contribution in [3.8, 4) is 0 Å². The third-order valence-corrected chi connectivity index (χ3v) is 5.33. The Bertz CT molecular complexity index is 305. The molecule has 3 heteroatoms. The van der Waals surface area contributed by atoms with E-state index in [4.69, 9.17) is 10.5 Å². The average molecular weight is 252 g/mol. The molecule has 0 aromatic carbocycles. The van der Waals surface area contributed by atoms with E-state index in [1.807, 2.05) is 0 Å². The topological polar surface area (TPSA) is 47.3 Å². The van der Waals surface area contributed by atoms with Crippen LogP contribution in [0, 0.1) is 17.8 Å². The van der Waals surface area contributed by atoms with E-state index in [9.17, 15) is 0 Å². The Morgan fingerprint density at radius 2 is 2.17 bits per heavy atom. The van der Waals surface area contributed by atoms with Gasteiger partial charge < -0.3 is 15.8 Å². The Balaban J connectivity index is 1.57. The standard InChI is InChI=1S/C15H28N2O/c1-15(2)8-10(3-4-18-15)5-14-13-7-12(16)6-11(13)9-17-14/h10-14,17H,3-9,16H2,1-2H3. The van der Waals surface area contributed by atoms with E-state index in [0.29, 0.717) is 6.04 Å². The molecular formula is C15H28N2O. The summed E-state index contributed by atoms with van der Waals surface area (Å²) in [5.41, 5.74) is 6.21. The fourth-order valence-electron chi connectivity index (χ4n) is 4.56. The van der Waals surface area contributed by atoms with Gasteiger partial charge in [-0.25, -0.2) is 0 Å². The molecule has 3 rings (SSSR count). The van der Waals surface area contributed by atoms with Crippen molar-refractivity contribution in [1.82, 2.24) is 5.32 Å². The van der Waals surface area contributed by atoms with Gasteiger partial charge in [0.1, 0.15) is 0 Å². The van der Waals surface area contributed by atoms with Crippen LogP contribution in [0.4, 0.5) is 0 Å². The summed E-state index contributed by atoms with van der Waals surface area (Å²) in [5.74, 6) is 2.55. The molecule has 1 aliphatic carbocycles. The highest BCUT2D eigenvalue weighted by atomic mass is 16.5. The van der Waals surface area contributed by atoms with Crippen LogP contribution >= 0.6 is 0 Å². The Hall–Kier alpha value is -0.120. The van der Waals surface area contributed by atoms with Gasteiger partial charge >= 0.3 is 0 Å². The van der Waals surface area contributed by atoms with Crippen molar-refractivity contribution >= 4 is 0 Å². The molecule has 3 aliphatic rings. The van der Waals surface area contributed by atoms with Gasteiger partial charge in [0, 0.05) is 18.7 Å². The Labute approximate surface area is 111 Å². The van der Waals surface area contributed by atoms with Gasteiger partial charge in [0.15, 0.2) is 0 Å². The van der Waals surface area contributed by atoms with E-state index in [-0.39, 0.29) is 5.60 Å². The first-order valence-electron chi connectivity index (χ1n) is 7.66. The van der Waals surface area contributed by atoms with Crippen LogP contribution in [0.3, 0.4) is 0 Å². The number of nitrogens with two attached hydrogens (primary N) is 1. The number of rotatable bonds is 2. The van der Waals surface area contributed by atoms with Gasteiger partial charge in [-0.3, -0.25) is 0 Å². The Morgan fingerprint density at radius 3 is 2.94 bits per heavy atom. The molecule has 0 spiro atoms. The molecular weight excluding hydrogens is 224 g/mol. The number of ether oxygens (including phenoxy) is 1. The summed E-state index contributed by atoms with van der Waals surface area (Å²) >= 11 is 0. The highest BCUT2D eigenvalue weighted by Gasteiger charge is 2.43. The number of hydrogen-bond donors (Lipinski definition) is 2. The number of nitrogens with one attached hydrogen (secondary N) is 1. The zero-order valence-corrected chi connectivity index (χ0v) is 11.8. The lowest BCUT2D eigenvalue weighted by Gasteiger charge is -2.37. The van der Waals surface area contributed by atoms with Crippen LogP contribution in [-0.2, 0) is 4.74 Å². The molecule has 0 bridgehead atoms. The number of fused-ring (bicyclic) bond motifs is 1. The monoisotopic (exact) mass is 252 g/mol. The van der Waals surface area contributed by atoms with E-state index in [1.54, 1.807) is 0 Å². The van der Waals surface area contributed by atoms with Gasteiger partial charge in [0.2, 0.25) is 0 Å². The zero-order chi connectivity index (χ0) is 12.8. The van der Waals surface area contributed by atoms with Gasteiger partial charge in [-0.2, -0.15) is 0 Å². The normalized spacial score (nSPS) is 47.2. The first-order chi connectivity index (χ1) is 8.53. The fraction of sp³-hybridized carbons (Fsp3) is 1.00. The SMILES string of the molecule is CC1(C)CC(CC2NCC3CC(N)CC32)CCO1. The van der Waals surface area contributed by atoms with Crippen LogP contribution in [0.25, 0.3) is 0 Å². The predicted molar refractivity (Wildman–Crippen MR) is 73.4 cm³/mol. The maximum absolute atomic E-state index is 6.12. The summed E-state index contributed by atoms with van der Waals surface area (Å²) in [6.07, 6.45) is 6.28. The smallest absolute Gasteiger partial charge is 0.0629 e. The van der Waals surface area contributed by atoms with Crippen LogP contribution in [-0.4, -0.2) is 30.8 Å². The maximum Gasteiger partial charge on any atom is 0.0629 e. The third-order valence-electron chi connectivity index (χ3n) is 5.33. The molecule has 2 saturated heterocycles. The number of hydrogen-bond acceptors (Lipinski definition) is 3. The second-order valence-electron chi connectivity index (χ2n) is 7.37. The molecule has 18 heavy (non-hydrogen) atoms. The van der Waals surface area contributed by atoms with Gasteiger partial charge in [0.05, 0.1) is 5.60 Å². The van der Waals surface area contributed by atoms with E-state index >= 15 is 0 Å². The maximum atomic E-state index is 6.12. The summed E-state index contributed by atoms with van der Waals surface area (Å²) in [5, 5.41) is 3.76. The largest absolute Gasteiger partial charge is 0.376 e. The summed E-state index contributed by atoms with van der Waals surface area (Å²) in [7, 11) is 0. The van der Waals surface area contributed by atoms with E-state index in [0.717, 1.165) is 30.4 Å². The summed E-state index contributed by atoms with van der Waals surface area (Å²) < 4.78 is 5.82. The molecule has 0 aromatic rings. The molecule has 0 aromatic heterocycles. The quantitative estimate of drug-likeness (QED) is 0.789. The minimum atomic E-state index is 0.0903. The summed E-state index contributed by atoms with van der Waals surface area (Å²) in [6.45, 7) is 6.61. The molecule has 1 saturated carbocycles. The van der Waals surface area contributed by atoms with Crippen LogP contribution < -0.4 is 11.1 Å². The first kappa shape index (κ1) is 12.9. The van der Waals surface area contributed by atoms with Gasteiger partial charge in [-0.1, -0.05) is 0 Å². The van der Waals surface area contributed by atoms with Crippen molar-refractivity contribution in [2.45, 2.75) is 63.6 Å². The predicted octanol–water partition coefficient (Wildman–Crippen LogP) is 1.91. The minimum absolute atomic E-state index is 0.0903. The molecule has 3 fully saturated rings. The third kappa shape index (κ3) is 2.59. The van der Waals surface area contributed by atoms with E-state index < -0.39 is 0 Å². The first-order valence-corrected chi connectivity index (χ1v) is 7.66. The van der Waals surface area contributed by atoms with Gasteiger partial charge in [-0.15, -0.1) is 0 Å². The summed E-state index contributed by atoms with van der Waals surface area (Å²) in [6, 6.07) is 1.19. The Kier molecular flexibility index (Phi) is 3.41. The van der Waals surface area contributed by atoms with E-state index in [2.05, 4.69) is 19.2 Å². The van der Waals surface area contributed by atoms with Crippen molar-refractivity contribution in [1.29, 1.82) is 0 Å². The van der Waals surface area contributed by atoms with Crippen LogP contribution in [0.5, 0.6) is 0 Å². The fourth-order valence-corrected chi connectivity index (χ4v) is 4.56. The summed E-state index contributed by atoms with van der Waals surface area (Å²) in [4.78, 5) is 0. The van der Waals surface area contributed by atoms with Gasteiger partial charge in [-0.05, 0) is 70.3 Å². The van der Waals surface area contributed by atoms with Crippen LogP contribution in [0.2, 0.25) is 0 Å². The molecule has 2 heterocycles. The lowest BCUT2D eigenvalue weighted by Crippen LogP contribution is -2.38. The molecule has 0 radical (unpaired) electrons. The molecule has 104 valence electrons. The molecule has 0 amide bonds. The lowest BCUT2D eigenvalue weighted by molar-refractivity contribution is -0.0751. The second kappa shape index (κ2) is 4.77. The lowest BCUT2D eigenvalue weighted by atomic mass is 9.81. The zero-order valence-electron chi connectivity index (χ0n) is 11.8. The molecule has 5 atom stereocenters. The Morgan fingerprint density at radius 1 is 1.33 bits per heavy atom. The molecule has 3 N–H and O–H groups in total. The highest BCUT2D eigenvalue weighted by molar-refractivity contribution is 4.99. The van der Waals surface area contributed by atoms with Crippen LogP contribution in [0.15, 0.2) is 0 Å². The van der Waals surface area contributed by atoms with Crippen molar-refractivity contribution in [2.75, 3.05) is 13.2 Å². The van der Waals surface area contributed by atoms with Crippen molar-refractivity contribution in [2.24, 2.45) is 23.5 Å². The minimum Gasteiger partial charge on any atom is -0.376 e. The molecule has 2 aliphatic heterocycles. The van der Waals surface area contributed by atoms with E-state index in [1.165, 1.54) is 38.6 Å². The van der Waals surface area contributed by atoms with Gasteiger partial charge in [0.25, 0.3) is 0 Å². The average Bonchev–Trinajstić information content (AvgIpc) is 2.78. The molecule has 3 nitrogen and oxygen atoms in total. The van der Waals surface area contributed by atoms with Crippen molar-refractivity contribution in [3.05, 3.63) is 0 Å². The van der Waals surface area contributed by atoms with Crippen LogP contribution in [0.1, 0.15) is 46.0 Å². The van der Waals surface area contributed by atoms with Crippen molar-refractivity contribution in [3.63, 3.8) is 0 Å². The highest BCUT2D eigenvalue weighted by Crippen LogP contribution is 2.41. The molecule has 5 unspecified atom stereocenters. The second-order valence-corrected chi connectivity index (χ2v) is 7.37. The van der Waals surface area contributed by atoms with Crippen molar-refractivity contribution < 1.29 is 4.74 Å².